The van der Waals surface area contributed by atoms with Crippen molar-refractivity contribution < 1.29 is 14.6 Å². The van der Waals surface area contributed by atoms with Crippen LogP contribution in [0.3, 0.4) is 0 Å². The van der Waals surface area contributed by atoms with Crippen LogP contribution >= 0.6 is 11.6 Å². The minimum absolute atomic E-state index is 0.0795. The molecule has 2 atom stereocenters. The molecule has 0 spiro atoms. The lowest BCUT2D eigenvalue weighted by atomic mass is 9.99. The number of halogens is 1. The van der Waals surface area contributed by atoms with Gasteiger partial charge in [0, 0.05) is 35.8 Å². The van der Waals surface area contributed by atoms with Crippen molar-refractivity contribution >= 4 is 28.4 Å². The van der Waals surface area contributed by atoms with E-state index >= 15 is 0 Å². The molecule has 6 heteroatoms. The zero-order valence-electron chi connectivity index (χ0n) is 14.4. The molecule has 1 heterocycles. The Morgan fingerprint density at radius 2 is 2.21 bits per heavy atom. The second-order valence-electron chi connectivity index (χ2n) is 6.04. The number of amides is 1. The van der Waals surface area contributed by atoms with E-state index in [1.807, 2.05) is 36.7 Å². The van der Waals surface area contributed by atoms with E-state index in [0.717, 1.165) is 17.3 Å². The Labute approximate surface area is 147 Å². The standard InChI is InChI=1S/C18H25ClN2O3/c1-4-12(2)16(11-22)20-18(23)15-10-21(7-8-24-3)17-6-5-13(19)9-14(15)17/h5-6,9-10,12,16,22H,4,7-8,11H2,1-3H3,(H,20,23)/t12-,16+/m1/s1. The lowest BCUT2D eigenvalue weighted by Gasteiger charge is -2.21. The van der Waals surface area contributed by atoms with Crippen molar-refractivity contribution in [2.24, 2.45) is 5.92 Å². The monoisotopic (exact) mass is 352 g/mol. The molecule has 0 radical (unpaired) electrons. The maximum absolute atomic E-state index is 12.7. The zero-order valence-corrected chi connectivity index (χ0v) is 15.1. The van der Waals surface area contributed by atoms with Gasteiger partial charge in [-0.2, -0.15) is 0 Å². The third-order valence-electron chi connectivity index (χ3n) is 4.47. The highest BCUT2D eigenvalue weighted by atomic mass is 35.5. The van der Waals surface area contributed by atoms with E-state index in [1.165, 1.54) is 0 Å². The fraction of sp³-hybridized carbons (Fsp3) is 0.500. The molecule has 2 rings (SSSR count). The maximum Gasteiger partial charge on any atom is 0.253 e. The first kappa shape index (κ1) is 18.8. The topological polar surface area (TPSA) is 63.5 Å². The molecule has 132 valence electrons. The molecule has 24 heavy (non-hydrogen) atoms. The lowest BCUT2D eigenvalue weighted by molar-refractivity contribution is 0.0892. The van der Waals surface area contributed by atoms with Crippen LogP contribution in [0, 0.1) is 5.92 Å². The van der Waals surface area contributed by atoms with Gasteiger partial charge in [0.15, 0.2) is 0 Å². The highest BCUT2D eigenvalue weighted by Crippen LogP contribution is 2.25. The predicted molar refractivity (Wildman–Crippen MR) is 96.6 cm³/mol. The smallest absolute Gasteiger partial charge is 0.253 e. The van der Waals surface area contributed by atoms with Gasteiger partial charge in [-0.3, -0.25) is 4.79 Å². The normalized spacial score (nSPS) is 13.9. The van der Waals surface area contributed by atoms with Gasteiger partial charge < -0.3 is 19.7 Å². The molecule has 5 nitrogen and oxygen atoms in total. The number of nitrogens with one attached hydrogen (secondary N) is 1. The van der Waals surface area contributed by atoms with E-state index < -0.39 is 0 Å². The van der Waals surface area contributed by atoms with Crippen molar-refractivity contribution in [2.45, 2.75) is 32.9 Å². The summed E-state index contributed by atoms with van der Waals surface area (Å²) in [7, 11) is 1.65. The SMILES string of the molecule is CC[C@@H](C)[C@H](CO)NC(=O)c1cn(CCOC)c2ccc(Cl)cc12. The third kappa shape index (κ3) is 4.09. The van der Waals surface area contributed by atoms with Crippen molar-refractivity contribution in [2.75, 3.05) is 20.3 Å². The molecular weight excluding hydrogens is 328 g/mol. The number of aromatic nitrogens is 1. The van der Waals surface area contributed by atoms with Crippen molar-refractivity contribution in [3.63, 3.8) is 0 Å². The minimum atomic E-state index is -0.265. The second-order valence-corrected chi connectivity index (χ2v) is 6.47. The lowest BCUT2D eigenvalue weighted by Crippen LogP contribution is -2.41. The summed E-state index contributed by atoms with van der Waals surface area (Å²) in [5.41, 5.74) is 1.50. The summed E-state index contributed by atoms with van der Waals surface area (Å²) in [6.45, 7) is 5.18. The number of aliphatic hydroxyl groups excluding tert-OH is 1. The minimum Gasteiger partial charge on any atom is -0.394 e. The van der Waals surface area contributed by atoms with Crippen LogP contribution in [0.2, 0.25) is 5.02 Å². The molecule has 0 saturated heterocycles. The van der Waals surface area contributed by atoms with Gasteiger partial charge in [-0.25, -0.2) is 0 Å². The van der Waals surface area contributed by atoms with Crippen molar-refractivity contribution in [1.82, 2.24) is 9.88 Å². The quantitative estimate of drug-likeness (QED) is 0.767. The Morgan fingerprint density at radius 3 is 2.83 bits per heavy atom. The largest absolute Gasteiger partial charge is 0.394 e. The van der Waals surface area contributed by atoms with Gasteiger partial charge >= 0.3 is 0 Å². The molecule has 0 aliphatic rings. The Bertz CT molecular complexity index is 699. The van der Waals surface area contributed by atoms with Crippen LogP contribution in [-0.2, 0) is 11.3 Å². The number of carbonyl (C=O) groups is 1. The van der Waals surface area contributed by atoms with Gasteiger partial charge in [0.05, 0.1) is 24.8 Å². The van der Waals surface area contributed by atoms with Gasteiger partial charge in [-0.1, -0.05) is 31.9 Å². The van der Waals surface area contributed by atoms with Crippen LogP contribution in [0.25, 0.3) is 10.9 Å². The molecule has 2 aromatic rings. The molecule has 2 N–H and O–H groups in total. The molecule has 0 aliphatic carbocycles. The third-order valence-corrected chi connectivity index (χ3v) is 4.70. The highest BCUT2D eigenvalue weighted by Gasteiger charge is 2.21. The number of carbonyl (C=O) groups excluding carboxylic acids is 1. The van der Waals surface area contributed by atoms with E-state index in [9.17, 15) is 9.90 Å². The average Bonchev–Trinajstić information content (AvgIpc) is 2.94. The molecule has 0 fully saturated rings. The number of hydrogen-bond acceptors (Lipinski definition) is 3. The second kappa shape index (κ2) is 8.51. The Morgan fingerprint density at radius 1 is 1.46 bits per heavy atom. The summed E-state index contributed by atoms with van der Waals surface area (Å²) in [6, 6.07) is 5.25. The number of aliphatic hydroxyl groups is 1. The number of nitrogens with zero attached hydrogens (tertiary/aromatic N) is 1. The van der Waals surface area contributed by atoms with Crippen LogP contribution in [0.5, 0.6) is 0 Å². The van der Waals surface area contributed by atoms with Gasteiger partial charge in [0.2, 0.25) is 0 Å². The van der Waals surface area contributed by atoms with Crippen LogP contribution in [0.1, 0.15) is 30.6 Å². The van der Waals surface area contributed by atoms with E-state index in [4.69, 9.17) is 16.3 Å². The number of methoxy groups -OCH3 is 1. The first-order valence-corrected chi connectivity index (χ1v) is 8.58. The fourth-order valence-corrected chi connectivity index (χ4v) is 2.90. The predicted octanol–water partition coefficient (Wildman–Crippen LogP) is 3.08. The first-order valence-electron chi connectivity index (χ1n) is 8.20. The van der Waals surface area contributed by atoms with Crippen molar-refractivity contribution in [3.8, 4) is 0 Å². The summed E-state index contributed by atoms with van der Waals surface area (Å²) >= 11 is 6.11. The summed E-state index contributed by atoms with van der Waals surface area (Å²) in [5, 5.41) is 13.9. The summed E-state index contributed by atoms with van der Waals surface area (Å²) in [4.78, 5) is 12.7. The molecule has 0 aliphatic heterocycles. The van der Waals surface area contributed by atoms with Crippen LogP contribution in [0.4, 0.5) is 0 Å². The van der Waals surface area contributed by atoms with E-state index in [0.29, 0.717) is 23.7 Å². The summed E-state index contributed by atoms with van der Waals surface area (Å²) in [5.74, 6) is 0.00200. The molecule has 1 aromatic carbocycles. The summed E-state index contributed by atoms with van der Waals surface area (Å²) < 4.78 is 7.12. The number of fused-ring (bicyclic) bond motifs is 1. The Hall–Kier alpha value is -1.56. The molecular formula is C18H25ClN2O3. The summed E-state index contributed by atoms with van der Waals surface area (Å²) in [6.07, 6.45) is 2.70. The van der Waals surface area contributed by atoms with Crippen LogP contribution in [-0.4, -0.2) is 41.9 Å². The number of ether oxygens (including phenoxy) is 1. The molecule has 0 saturated carbocycles. The first-order chi connectivity index (χ1) is 11.5. The Kier molecular flexibility index (Phi) is 6.66. The van der Waals surface area contributed by atoms with Gasteiger partial charge in [-0.05, 0) is 24.1 Å². The van der Waals surface area contributed by atoms with Crippen LogP contribution < -0.4 is 5.32 Å². The van der Waals surface area contributed by atoms with E-state index in [2.05, 4.69) is 5.32 Å². The van der Waals surface area contributed by atoms with Gasteiger partial charge in [0.1, 0.15) is 0 Å². The number of hydrogen-bond donors (Lipinski definition) is 2. The highest BCUT2D eigenvalue weighted by molar-refractivity contribution is 6.31. The van der Waals surface area contributed by atoms with Crippen LogP contribution in [0.15, 0.2) is 24.4 Å². The van der Waals surface area contributed by atoms with Crippen molar-refractivity contribution in [3.05, 3.63) is 35.0 Å². The van der Waals surface area contributed by atoms with E-state index in [-0.39, 0.29) is 24.5 Å². The average molecular weight is 353 g/mol. The maximum atomic E-state index is 12.7. The molecule has 0 bridgehead atoms. The Balaban J connectivity index is 2.36. The number of rotatable bonds is 8. The zero-order chi connectivity index (χ0) is 17.7. The van der Waals surface area contributed by atoms with Gasteiger partial charge in [0.25, 0.3) is 5.91 Å². The molecule has 1 amide bonds. The fourth-order valence-electron chi connectivity index (χ4n) is 2.72. The molecule has 1 aromatic heterocycles. The van der Waals surface area contributed by atoms with Gasteiger partial charge in [-0.15, -0.1) is 0 Å². The van der Waals surface area contributed by atoms with Crippen molar-refractivity contribution in [1.29, 1.82) is 0 Å². The van der Waals surface area contributed by atoms with E-state index in [1.54, 1.807) is 13.2 Å². The number of benzene rings is 1. The molecule has 0 unspecified atom stereocenters.